The fourth-order valence-electron chi connectivity index (χ4n) is 0.668. The van der Waals surface area contributed by atoms with Crippen LogP contribution in [-0.2, 0) is 4.79 Å². The minimum absolute atomic E-state index is 0.000833. The van der Waals surface area contributed by atoms with Crippen LogP contribution in [0, 0.1) is 0 Å². The Hall–Kier alpha value is -0.350. The van der Waals surface area contributed by atoms with Crippen LogP contribution in [0.2, 0.25) is 0 Å². The molecule has 0 aliphatic heterocycles. The van der Waals surface area contributed by atoms with Gasteiger partial charge in [0.25, 0.3) is 0 Å². The molecule has 3 nitrogen and oxygen atoms in total. The van der Waals surface area contributed by atoms with Gasteiger partial charge in [-0.15, -0.1) is 0 Å². The van der Waals surface area contributed by atoms with Crippen molar-refractivity contribution in [1.82, 2.24) is 10.6 Å². The van der Waals surface area contributed by atoms with E-state index in [1.54, 1.807) is 0 Å². The maximum absolute atomic E-state index is 11.1. The maximum atomic E-state index is 11.1. The number of hydrogen-bond acceptors (Lipinski definition) is 2. The zero-order valence-electron chi connectivity index (χ0n) is 8.19. The van der Waals surface area contributed by atoms with Crippen LogP contribution in [0.25, 0.3) is 0 Å². The standard InChI is InChI=1S/C9H17BrN2O/c1-4-8(3)11-6-9(13)12-5-7(2)10/h8,11H,2,4-6H2,1,3H3,(H,12,13). The van der Waals surface area contributed by atoms with Crippen molar-refractivity contribution in [3.63, 3.8) is 0 Å². The van der Waals surface area contributed by atoms with Crippen LogP contribution in [0.4, 0.5) is 0 Å². The molecule has 13 heavy (non-hydrogen) atoms. The molecule has 0 aliphatic rings. The molecule has 76 valence electrons. The summed E-state index contributed by atoms with van der Waals surface area (Å²) in [5.74, 6) is 0.000833. The van der Waals surface area contributed by atoms with Crippen LogP contribution in [0.3, 0.4) is 0 Å². The number of carbonyl (C=O) groups excluding carboxylic acids is 1. The average molecular weight is 249 g/mol. The van der Waals surface area contributed by atoms with Crippen molar-refractivity contribution in [2.75, 3.05) is 13.1 Å². The second-order valence-electron chi connectivity index (χ2n) is 2.98. The number of amides is 1. The van der Waals surface area contributed by atoms with Gasteiger partial charge in [-0.2, -0.15) is 0 Å². The predicted molar refractivity (Wildman–Crippen MR) is 58.8 cm³/mol. The van der Waals surface area contributed by atoms with Gasteiger partial charge in [0.1, 0.15) is 0 Å². The lowest BCUT2D eigenvalue weighted by Gasteiger charge is -2.10. The van der Waals surface area contributed by atoms with Crippen LogP contribution >= 0.6 is 15.9 Å². The Morgan fingerprint density at radius 2 is 2.15 bits per heavy atom. The fourth-order valence-corrected chi connectivity index (χ4v) is 0.808. The molecule has 0 saturated carbocycles. The van der Waals surface area contributed by atoms with E-state index >= 15 is 0 Å². The summed E-state index contributed by atoms with van der Waals surface area (Å²) in [6, 6.07) is 0.387. The van der Waals surface area contributed by atoms with Gasteiger partial charge in [0, 0.05) is 17.1 Å². The van der Waals surface area contributed by atoms with E-state index in [1.807, 2.05) is 0 Å². The van der Waals surface area contributed by atoms with E-state index in [-0.39, 0.29) is 5.91 Å². The topological polar surface area (TPSA) is 41.1 Å². The van der Waals surface area contributed by atoms with E-state index in [0.717, 1.165) is 10.9 Å². The summed E-state index contributed by atoms with van der Waals surface area (Å²) in [5.41, 5.74) is 0. The number of carbonyl (C=O) groups is 1. The van der Waals surface area contributed by atoms with Crippen LogP contribution < -0.4 is 10.6 Å². The number of rotatable bonds is 6. The molecular formula is C9H17BrN2O. The van der Waals surface area contributed by atoms with Crippen molar-refractivity contribution in [3.05, 3.63) is 11.1 Å². The van der Waals surface area contributed by atoms with Gasteiger partial charge in [0.05, 0.1) is 6.54 Å². The second kappa shape index (κ2) is 7.09. The van der Waals surface area contributed by atoms with Crippen LogP contribution in [0.15, 0.2) is 11.1 Å². The Morgan fingerprint density at radius 3 is 2.62 bits per heavy atom. The first-order chi connectivity index (χ1) is 6.06. The van der Waals surface area contributed by atoms with Crippen molar-refractivity contribution in [2.45, 2.75) is 26.3 Å². The zero-order valence-corrected chi connectivity index (χ0v) is 9.78. The number of nitrogens with one attached hydrogen (secondary N) is 2. The molecule has 0 bridgehead atoms. The first-order valence-corrected chi connectivity index (χ1v) is 5.19. The highest BCUT2D eigenvalue weighted by atomic mass is 79.9. The Labute approximate surface area is 88.1 Å². The molecule has 1 amide bonds. The van der Waals surface area contributed by atoms with Crippen LogP contribution in [-0.4, -0.2) is 25.0 Å². The van der Waals surface area contributed by atoms with Gasteiger partial charge in [-0.1, -0.05) is 29.4 Å². The summed E-state index contributed by atoms with van der Waals surface area (Å²) < 4.78 is 0.782. The van der Waals surface area contributed by atoms with E-state index in [0.29, 0.717) is 19.1 Å². The van der Waals surface area contributed by atoms with E-state index in [4.69, 9.17) is 0 Å². The molecule has 0 aromatic carbocycles. The molecule has 0 aromatic rings. The summed E-state index contributed by atoms with van der Waals surface area (Å²) >= 11 is 3.17. The molecule has 1 atom stereocenters. The second-order valence-corrected chi connectivity index (χ2v) is 4.11. The third-order valence-corrected chi connectivity index (χ3v) is 1.98. The molecule has 4 heteroatoms. The zero-order chi connectivity index (χ0) is 10.3. The minimum Gasteiger partial charge on any atom is -0.350 e. The van der Waals surface area contributed by atoms with E-state index in [1.165, 1.54) is 0 Å². The first kappa shape index (κ1) is 12.7. The summed E-state index contributed by atoms with van der Waals surface area (Å²) in [5, 5.41) is 5.81. The third kappa shape index (κ3) is 7.99. The third-order valence-electron chi connectivity index (χ3n) is 1.70. The molecule has 0 spiro atoms. The Morgan fingerprint density at radius 1 is 1.54 bits per heavy atom. The fraction of sp³-hybridized carbons (Fsp3) is 0.667. The predicted octanol–water partition coefficient (Wildman–Crippen LogP) is 1.40. The van der Waals surface area contributed by atoms with Gasteiger partial charge in [0.2, 0.25) is 5.91 Å². The van der Waals surface area contributed by atoms with Gasteiger partial charge in [-0.05, 0) is 13.3 Å². The van der Waals surface area contributed by atoms with E-state index in [2.05, 4.69) is 47.0 Å². The Kier molecular flexibility index (Phi) is 6.90. The molecule has 0 saturated heterocycles. The molecule has 0 heterocycles. The minimum atomic E-state index is 0.000833. The molecule has 0 fully saturated rings. The largest absolute Gasteiger partial charge is 0.350 e. The van der Waals surface area contributed by atoms with Crippen molar-refractivity contribution >= 4 is 21.8 Å². The maximum Gasteiger partial charge on any atom is 0.234 e. The van der Waals surface area contributed by atoms with Crippen molar-refractivity contribution in [2.24, 2.45) is 0 Å². The van der Waals surface area contributed by atoms with E-state index in [9.17, 15) is 4.79 Å². The molecule has 2 N–H and O–H groups in total. The summed E-state index contributed by atoms with van der Waals surface area (Å²) in [4.78, 5) is 11.1. The van der Waals surface area contributed by atoms with Gasteiger partial charge >= 0.3 is 0 Å². The van der Waals surface area contributed by atoms with Gasteiger partial charge < -0.3 is 10.6 Å². The Balaban J connectivity index is 3.46. The summed E-state index contributed by atoms with van der Waals surface area (Å²) in [7, 11) is 0. The normalized spacial score (nSPS) is 12.2. The smallest absolute Gasteiger partial charge is 0.234 e. The monoisotopic (exact) mass is 248 g/mol. The van der Waals surface area contributed by atoms with Crippen molar-refractivity contribution < 1.29 is 4.79 Å². The number of hydrogen-bond donors (Lipinski definition) is 2. The van der Waals surface area contributed by atoms with Gasteiger partial charge in [0.15, 0.2) is 0 Å². The molecular weight excluding hydrogens is 232 g/mol. The van der Waals surface area contributed by atoms with Gasteiger partial charge in [-0.25, -0.2) is 0 Å². The summed E-state index contributed by atoms with van der Waals surface area (Å²) in [6.07, 6.45) is 1.03. The SMILES string of the molecule is C=C(Br)CNC(=O)CNC(C)CC. The lowest BCUT2D eigenvalue weighted by molar-refractivity contribution is -0.120. The quantitative estimate of drug-likeness (QED) is 0.747. The molecule has 0 radical (unpaired) electrons. The molecule has 0 rings (SSSR count). The van der Waals surface area contributed by atoms with Crippen LogP contribution in [0.5, 0.6) is 0 Å². The highest BCUT2D eigenvalue weighted by Crippen LogP contribution is 1.96. The highest BCUT2D eigenvalue weighted by Gasteiger charge is 2.02. The first-order valence-electron chi connectivity index (χ1n) is 4.39. The highest BCUT2D eigenvalue weighted by molar-refractivity contribution is 9.11. The number of halogens is 1. The van der Waals surface area contributed by atoms with Gasteiger partial charge in [-0.3, -0.25) is 4.79 Å². The van der Waals surface area contributed by atoms with Crippen molar-refractivity contribution in [3.8, 4) is 0 Å². The van der Waals surface area contributed by atoms with Crippen LogP contribution in [0.1, 0.15) is 20.3 Å². The van der Waals surface area contributed by atoms with E-state index < -0.39 is 0 Å². The average Bonchev–Trinajstić information content (AvgIpc) is 2.10. The summed E-state index contributed by atoms with van der Waals surface area (Å²) in [6.45, 7) is 8.61. The molecule has 0 aliphatic carbocycles. The molecule has 0 aromatic heterocycles. The molecule has 1 unspecified atom stereocenters. The van der Waals surface area contributed by atoms with Crippen molar-refractivity contribution in [1.29, 1.82) is 0 Å². The Bertz CT molecular complexity index is 182. The lowest BCUT2D eigenvalue weighted by atomic mass is 10.2. The lowest BCUT2D eigenvalue weighted by Crippen LogP contribution is -2.38.